The van der Waals surface area contributed by atoms with Gasteiger partial charge in [0.05, 0.1) is 30.0 Å². The van der Waals surface area contributed by atoms with Crippen LogP contribution in [0.4, 0.5) is 4.39 Å². The van der Waals surface area contributed by atoms with Crippen molar-refractivity contribution in [2.45, 2.75) is 18.9 Å². The zero-order valence-electron chi connectivity index (χ0n) is 19.4. The van der Waals surface area contributed by atoms with Gasteiger partial charge < -0.3 is 9.64 Å². The molecular weight excluding hydrogens is 447 g/mol. The molecule has 0 spiro atoms. The number of halogens is 1. The van der Waals surface area contributed by atoms with Gasteiger partial charge in [0.15, 0.2) is 0 Å². The van der Waals surface area contributed by atoms with Crippen LogP contribution in [-0.2, 0) is 4.79 Å². The van der Waals surface area contributed by atoms with E-state index in [1.165, 1.54) is 19.3 Å². The highest BCUT2D eigenvalue weighted by Gasteiger charge is 2.27. The lowest BCUT2D eigenvalue weighted by Crippen LogP contribution is -2.40. The Balaban J connectivity index is 1.51. The summed E-state index contributed by atoms with van der Waals surface area (Å²) in [7, 11) is 1.50. The van der Waals surface area contributed by atoms with E-state index in [2.05, 4.69) is 11.6 Å². The normalized spacial score (nSPS) is 14.3. The number of amides is 1. The molecule has 2 aromatic carbocycles. The van der Waals surface area contributed by atoms with Crippen molar-refractivity contribution in [1.82, 2.24) is 19.0 Å². The second-order valence-electron chi connectivity index (χ2n) is 8.51. The summed E-state index contributed by atoms with van der Waals surface area (Å²) >= 11 is 0. The van der Waals surface area contributed by atoms with E-state index in [0.717, 1.165) is 5.52 Å². The lowest BCUT2D eigenvalue weighted by atomic mass is 10.0. The Kier molecular flexibility index (Phi) is 5.94. The van der Waals surface area contributed by atoms with Crippen molar-refractivity contribution in [2.24, 2.45) is 0 Å². The fourth-order valence-corrected chi connectivity index (χ4v) is 4.79. The molecule has 1 aliphatic heterocycles. The van der Waals surface area contributed by atoms with Crippen LogP contribution < -0.4 is 10.4 Å². The van der Waals surface area contributed by atoms with Gasteiger partial charge in [-0.15, -0.1) is 0 Å². The molecule has 0 aliphatic carbocycles. The number of likely N-dealkylation sites (tertiary alicyclic amines) is 1. The number of hydrogen-bond acceptors (Lipinski definition) is 4. The summed E-state index contributed by atoms with van der Waals surface area (Å²) in [5, 5.41) is 0. The number of rotatable bonds is 5. The fourth-order valence-electron chi connectivity index (χ4n) is 4.79. The zero-order valence-corrected chi connectivity index (χ0v) is 19.4. The third-order valence-corrected chi connectivity index (χ3v) is 6.60. The second-order valence-corrected chi connectivity index (χ2v) is 8.51. The van der Waals surface area contributed by atoms with Crippen LogP contribution >= 0.6 is 0 Å². The van der Waals surface area contributed by atoms with Gasteiger partial charge in [-0.3, -0.25) is 18.9 Å². The highest BCUT2D eigenvalue weighted by Crippen LogP contribution is 2.29. The first kappa shape index (κ1) is 22.6. The van der Waals surface area contributed by atoms with E-state index >= 15 is 0 Å². The molecule has 4 aromatic rings. The monoisotopic (exact) mass is 472 g/mol. The molecule has 178 valence electrons. The molecule has 0 atom stereocenters. The van der Waals surface area contributed by atoms with E-state index in [1.807, 2.05) is 22.8 Å². The summed E-state index contributed by atoms with van der Waals surface area (Å²) in [4.78, 5) is 31.6. The Morgan fingerprint density at radius 2 is 1.86 bits per heavy atom. The van der Waals surface area contributed by atoms with Crippen molar-refractivity contribution in [1.29, 1.82) is 0 Å². The number of imidazole rings is 1. The van der Waals surface area contributed by atoms with E-state index in [4.69, 9.17) is 4.74 Å². The van der Waals surface area contributed by atoms with Crippen LogP contribution in [0.3, 0.4) is 0 Å². The standard InChI is InChI=1S/C27H25FN4O3/c1-3-26(33)30-14-11-20(12-15-30)31-24-10-13-29-17-25(24)32(27(31)34)19-6-4-18(5-7-19)22-9-8-21(35-2)16-23(22)28/h3-10,13,16-17,20H,1,11-12,14-15H2,2H3. The Hall–Kier alpha value is -4.20. The van der Waals surface area contributed by atoms with Crippen molar-refractivity contribution in [3.63, 3.8) is 0 Å². The Morgan fingerprint density at radius 1 is 1.11 bits per heavy atom. The molecule has 1 saturated heterocycles. The van der Waals surface area contributed by atoms with Crippen molar-refractivity contribution in [3.8, 4) is 22.6 Å². The average molecular weight is 473 g/mol. The number of aromatic nitrogens is 3. The molecule has 7 nitrogen and oxygen atoms in total. The Bertz CT molecular complexity index is 1460. The molecule has 5 rings (SSSR count). The van der Waals surface area contributed by atoms with Crippen LogP contribution in [0.5, 0.6) is 5.75 Å². The number of nitrogens with zero attached hydrogens (tertiary/aromatic N) is 4. The van der Waals surface area contributed by atoms with E-state index in [9.17, 15) is 14.0 Å². The predicted octanol–water partition coefficient (Wildman–Crippen LogP) is 4.35. The largest absolute Gasteiger partial charge is 0.497 e. The third kappa shape index (κ3) is 4.01. The maximum Gasteiger partial charge on any atom is 0.334 e. The van der Waals surface area contributed by atoms with Gasteiger partial charge in [-0.2, -0.15) is 0 Å². The molecule has 1 fully saturated rings. The van der Waals surface area contributed by atoms with Crippen LogP contribution in [0.1, 0.15) is 18.9 Å². The minimum atomic E-state index is -0.378. The van der Waals surface area contributed by atoms with E-state index < -0.39 is 0 Å². The number of piperidine rings is 1. The number of benzene rings is 2. The van der Waals surface area contributed by atoms with Gasteiger partial charge >= 0.3 is 5.69 Å². The summed E-state index contributed by atoms with van der Waals surface area (Å²) in [6.07, 6.45) is 6.04. The maximum absolute atomic E-state index is 14.6. The fraction of sp³-hybridized carbons (Fsp3) is 0.222. The first-order valence-electron chi connectivity index (χ1n) is 11.4. The van der Waals surface area contributed by atoms with Gasteiger partial charge in [0, 0.05) is 37.0 Å². The smallest absolute Gasteiger partial charge is 0.334 e. The Labute approximate surface area is 201 Å². The van der Waals surface area contributed by atoms with Gasteiger partial charge in [-0.1, -0.05) is 18.7 Å². The molecule has 0 N–H and O–H groups in total. The zero-order chi connectivity index (χ0) is 24.5. The third-order valence-electron chi connectivity index (χ3n) is 6.60. The number of carbonyl (C=O) groups is 1. The lowest BCUT2D eigenvalue weighted by Gasteiger charge is -2.31. The first-order chi connectivity index (χ1) is 17.0. The summed E-state index contributed by atoms with van der Waals surface area (Å²) in [6.45, 7) is 4.70. The minimum absolute atomic E-state index is 0.0322. The van der Waals surface area contributed by atoms with E-state index in [0.29, 0.717) is 54.0 Å². The minimum Gasteiger partial charge on any atom is -0.497 e. The van der Waals surface area contributed by atoms with Crippen LogP contribution in [0.15, 0.2) is 78.4 Å². The topological polar surface area (TPSA) is 69.4 Å². The molecule has 2 aromatic heterocycles. The van der Waals surface area contributed by atoms with Crippen molar-refractivity contribution < 1.29 is 13.9 Å². The quantitative estimate of drug-likeness (QED) is 0.405. The molecule has 8 heteroatoms. The number of fused-ring (bicyclic) bond motifs is 1. The van der Waals surface area contributed by atoms with Crippen molar-refractivity contribution >= 4 is 16.9 Å². The molecule has 35 heavy (non-hydrogen) atoms. The molecule has 0 bridgehead atoms. The molecule has 0 radical (unpaired) electrons. The molecular formula is C27H25FN4O3. The SMILES string of the molecule is C=CC(=O)N1CCC(n2c(=O)n(-c3ccc(-c4ccc(OC)cc4F)cc3)c3cnccc32)CC1. The molecule has 3 heterocycles. The number of pyridine rings is 1. The summed E-state index contributed by atoms with van der Waals surface area (Å²) in [5.74, 6) is -0.0124. The van der Waals surface area contributed by atoms with Gasteiger partial charge in [0.1, 0.15) is 11.6 Å². The number of methoxy groups -OCH3 is 1. The highest BCUT2D eigenvalue weighted by molar-refractivity contribution is 5.87. The Morgan fingerprint density at radius 3 is 2.51 bits per heavy atom. The lowest BCUT2D eigenvalue weighted by molar-refractivity contribution is -0.127. The predicted molar refractivity (Wildman–Crippen MR) is 132 cm³/mol. The van der Waals surface area contributed by atoms with E-state index in [1.54, 1.807) is 46.1 Å². The summed E-state index contributed by atoms with van der Waals surface area (Å²) in [6, 6.07) is 13.8. The average Bonchev–Trinajstić information content (AvgIpc) is 3.20. The van der Waals surface area contributed by atoms with Gasteiger partial charge in [0.2, 0.25) is 5.91 Å². The van der Waals surface area contributed by atoms with Crippen LogP contribution in [-0.4, -0.2) is 45.1 Å². The van der Waals surface area contributed by atoms with Crippen LogP contribution in [0, 0.1) is 5.82 Å². The molecule has 1 amide bonds. The van der Waals surface area contributed by atoms with Crippen molar-refractivity contribution in [2.75, 3.05) is 20.2 Å². The summed E-state index contributed by atoms with van der Waals surface area (Å²) < 4.78 is 23.1. The summed E-state index contributed by atoms with van der Waals surface area (Å²) in [5.41, 5.74) is 3.15. The highest BCUT2D eigenvalue weighted by atomic mass is 19.1. The van der Waals surface area contributed by atoms with E-state index in [-0.39, 0.29) is 23.5 Å². The van der Waals surface area contributed by atoms with Crippen LogP contribution in [0.25, 0.3) is 27.8 Å². The van der Waals surface area contributed by atoms with Gasteiger partial charge in [0.25, 0.3) is 0 Å². The molecule has 0 unspecified atom stereocenters. The van der Waals surface area contributed by atoms with Crippen molar-refractivity contribution in [3.05, 3.63) is 89.9 Å². The maximum atomic E-state index is 14.6. The number of ether oxygens (including phenoxy) is 1. The number of carbonyl (C=O) groups excluding carboxylic acids is 1. The van der Waals surface area contributed by atoms with Gasteiger partial charge in [-0.25, -0.2) is 9.18 Å². The second kappa shape index (κ2) is 9.21. The molecule has 0 saturated carbocycles. The first-order valence-corrected chi connectivity index (χ1v) is 11.4. The molecule has 1 aliphatic rings. The van der Waals surface area contributed by atoms with Gasteiger partial charge in [-0.05, 0) is 54.8 Å². The van der Waals surface area contributed by atoms with Crippen LogP contribution in [0.2, 0.25) is 0 Å². The number of hydrogen-bond donors (Lipinski definition) is 0.